The molecule has 0 radical (unpaired) electrons. The van der Waals surface area contributed by atoms with Gasteiger partial charge in [0.25, 0.3) is 5.91 Å². The second kappa shape index (κ2) is 8.13. The van der Waals surface area contributed by atoms with Gasteiger partial charge in [0, 0.05) is 16.8 Å². The summed E-state index contributed by atoms with van der Waals surface area (Å²) in [5.41, 5.74) is 3.77. The molecule has 1 aromatic heterocycles. The average Bonchev–Trinajstić information content (AvgIpc) is 3.07. The van der Waals surface area contributed by atoms with Crippen molar-refractivity contribution in [1.29, 1.82) is 0 Å². The normalized spacial score (nSPS) is 10.7. The minimum absolute atomic E-state index is 0.0724. The predicted molar refractivity (Wildman–Crippen MR) is 102 cm³/mol. The van der Waals surface area contributed by atoms with E-state index in [1.54, 1.807) is 17.5 Å². The number of anilines is 3. The second-order valence-electron chi connectivity index (χ2n) is 5.84. The highest BCUT2D eigenvalue weighted by Crippen LogP contribution is 2.24. The SMILES string of the molecule is Cc1ccc(NC(=O)c2csc(Nc3ccc(OC(F)F)cc3)n2)c(C)c1. The van der Waals surface area contributed by atoms with Crippen LogP contribution < -0.4 is 15.4 Å². The maximum Gasteiger partial charge on any atom is 0.387 e. The van der Waals surface area contributed by atoms with Crippen molar-refractivity contribution in [2.75, 3.05) is 10.6 Å². The first-order valence-electron chi connectivity index (χ1n) is 8.07. The van der Waals surface area contributed by atoms with Crippen LogP contribution in [-0.4, -0.2) is 17.5 Å². The molecule has 0 unspecified atom stereocenters. The van der Waals surface area contributed by atoms with E-state index in [-0.39, 0.29) is 11.7 Å². The van der Waals surface area contributed by atoms with E-state index in [2.05, 4.69) is 20.4 Å². The van der Waals surface area contributed by atoms with Crippen LogP contribution in [0.4, 0.5) is 25.3 Å². The van der Waals surface area contributed by atoms with Crippen molar-refractivity contribution in [2.45, 2.75) is 20.5 Å². The van der Waals surface area contributed by atoms with Gasteiger partial charge in [-0.25, -0.2) is 4.98 Å². The smallest absolute Gasteiger partial charge is 0.387 e. The third-order valence-electron chi connectivity index (χ3n) is 3.70. The summed E-state index contributed by atoms with van der Waals surface area (Å²) in [6.45, 7) is 1.06. The number of rotatable bonds is 6. The first-order chi connectivity index (χ1) is 12.9. The van der Waals surface area contributed by atoms with Crippen LogP contribution in [0.25, 0.3) is 0 Å². The van der Waals surface area contributed by atoms with Gasteiger partial charge in [0.1, 0.15) is 11.4 Å². The van der Waals surface area contributed by atoms with Gasteiger partial charge in [0.15, 0.2) is 5.13 Å². The summed E-state index contributed by atoms with van der Waals surface area (Å²) in [6.07, 6.45) is 0. The molecule has 27 heavy (non-hydrogen) atoms. The number of halogens is 2. The van der Waals surface area contributed by atoms with Gasteiger partial charge in [-0.15, -0.1) is 11.3 Å². The maximum atomic E-state index is 12.4. The minimum Gasteiger partial charge on any atom is -0.435 e. The van der Waals surface area contributed by atoms with Crippen LogP contribution in [0.3, 0.4) is 0 Å². The van der Waals surface area contributed by atoms with Crippen LogP contribution in [0.1, 0.15) is 21.6 Å². The molecule has 0 atom stereocenters. The zero-order chi connectivity index (χ0) is 19.4. The van der Waals surface area contributed by atoms with E-state index in [1.165, 1.54) is 23.5 Å². The van der Waals surface area contributed by atoms with Gasteiger partial charge in [-0.1, -0.05) is 17.7 Å². The Bertz CT molecular complexity index is 942. The van der Waals surface area contributed by atoms with Gasteiger partial charge < -0.3 is 15.4 Å². The lowest BCUT2D eigenvalue weighted by atomic mass is 10.1. The standard InChI is InChI=1S/C19H17F2N3O2S/c1-11-3-8-15(12(2)9-11)23-17(25)16-10-27-19(24-16)22-13-4-6-14(7-5-13)26-18(20)21/h3-10,18H,1-2H3,(H,22,24)(H,23,25). The molecular formula is C19H17F2N3O2S. The number of hydrogen-bond acceptors (Lipinski definition) is 5. The summed E-state index contributed by atoms with van der Waals surface area (Å²) in [7, 11) is 0. The molecule has 140 valence electrons. The predicted octanol–water partition coefficient (Wildman–Crippen LogP) is 5.36. The third-order valence-corrected chi connectivity index (χ3v) is 4.46. The molecule has 5 nitrogen and oxygen atoms in total. The Morgan fingerprint density at radius 3 is 2.56 bits per heavy atom. The van der Waals surface area contributed by atoms with Crippen LogP contribution >= 0.6 is 11.3 Å². The number of ether oxygens (including phenoxy) is 1. The summed E-state index contributed by atoms with van der Waals surface area (Å²) in [5, 5.41) is 8.04. The number of aryl methyl sites for hydroxylation is 2. The molecule has 0 saturated heterocycles. The zero-order valence-electron chi connectivity index (χ0n) is 14.6. The molecule has 0 fully saturated rings. The van der Waals surface area contributed by atoms with Crippen molar-refractivity contribution in [3.8, 4) is 5.75 Å². The molecule has 0 aliphatic heterocycles. The zero-order valence-corrected chi connectivity index (χ0v) is 15.4. The average molecular weight is 389 g/mol. The van der Waals surface area contributed by atoms with E-state index < -0.39 is 6.61 Å². The number of thiazole rings is 1. The number of benzene rings is 2. The topological polar surface area (TPSA) is 63.2 Å². The molecule has 2 aromatic carbocycles. The summed E-state index contributed by atoms with van der Waals surface area (Å²) < 4.78 is 28.6. The van der Waals surface area contributed by atoms with E-state index in [0.29, 0.717) is 16.5 Å². The number of nitrogens with one attached hydrogen (secondary N) is 2. The van der Waals surface area contributed by atoms with Crippen molar-refractivity contribution in [2.24, 2.45) is 0 Å². The molecule has 2 N–H and O–H groups in total. The van der Waals surface area contributed by atoms with Crippen molar-refractivity contribution < 1.29 is 18.3 Å². The van der Waals surface area contributed by atoms with Gasteiger partial charge in [0.2, 0.25) is 0 Å². The summed E-state index contributed by atoms with van der Waals surface area (Å²) in [5.74, 6) is -0.227. The molecule has 0 saturated carbocycles. The number of carbonyl (C=O) groups is 1. The summed E-state index contributed by atoms with van der Waals surface area (Å²) in [6, 6.07) is 11.8. The lowest BCUT2D eigenvalue weighted by Crippen LogP contribution is -2.13. The Morgan fingerprint density at radius 2 is 1.89 bits per heavy atom. The highest BCUT2D eigenvalue weighted by Gasteiger charge is 2.12. The lowest BCUT2D eigenvalue weighted by Gasteiger charge is -2.08. The minimum atomic E-state index is -2.86. The van der Waals surface area contributed by atoms with Crippen molar-refractivity contribution in [3.63, 3.8) is 0 Å². The molecule has 3 aromatic rings. The van der Waals surface area contributed by atoms with E-state index in [0.717, 1.165) is 16.8 Å². The fraction of sp³-hybridized carbons (Fsp3) is 0.158. The van der Waals surface area contributed by atoms with Crippen LogP contribution in [0.5, 0.6) is 5.75 Å². The van der Waals surface area contributed by atoms with Crippen LogP contribution in [0.15, 0.2) is 47.8 Å². The van der Waals surface area contributed by atoms with Crippen LogP contribution in [0.2, 0.25) is 0 Å². The second-order valence-corrected chi connectivity index (χ2v) is 6.70. The van der Waals surface area contributed by atoms with E-state index in [1.807, 2.05) is 32.0 Å². The van der Waals surface area contributed by atoms with Crippen molar-refractivity contribution in [1.82, 2.24) is 4.98 Å². The number of carbonyl (C=O) groups excluding carboxylic acids is 1. The molecule has 0 aliphatic carbocycles. The quantitative estimate of drug-likeness (QED) is 0.596. The Morgan fingerprint density at radius 1 is 1.15 bits per heavy atom. The Labute approximate surface area is 159 Å². The molecular weight excluding hydrogens is 372 g/mol. The highest BCUT2D eigenvalue weighted by atomic mass is 32.1. The third kappa shape index (κ3) is 5.01. The van der Waals surface area contributed by atoms with Gasteiger partial charge in [-0.3, -0.25) is 4.79 Å². The highest BCUT2D eigenvalue weighted by molar-refractivity contribution is 7.14. The monoisotopic (exact) mass is 389 g/mol. The van der Waals surface area contributed by atoms with E-state index >= 15 is 0 Å². The molecule has 0 aliphatic rings. The number of amides is 1. The Balaban J connectivity index is 1.64. The van der Waals surface area contributed by atoms with Crippen LogP contribution in [-0.2, 0) is 0 Å². The number of hydrogen-bond donors (Lipinski definition) is 2. The maximum absolute atomic E-state index is 12.4. The van der Waals surface area contributed by atoms with Gasteiger partial charge in [-0.05, 0) is 49.7 Å². The molecule has 1 heterocycles. The van der Waals surface area contributed by atoms with E-state index in [9.17, 15) is 13.6 Å². The molecule has 1 amide bonds. The summed E-state index contributed by atoms with van der Waals surface area (Å²) >= 11 is 1.27. The summed E-state index contributed by atoms with van der Waals surface area (Å²) in [4.78, 5) is 16.6. The van der Waals surface area contributed by atoms with Gasteiger partial charge in [0.05, 0.1) is 0 Å². The van der Waals surface area contributed by atoms with E-state index in [4.69, 9.17) is 0 Å². The first kappa shape index (κ1) is 18.8. The lowest BCUT2D eigenvalue weighted by molar-refractivity contribution is -0.0498. The number of aromatic nitrogens is 1. The largest absolute Gasteiger partial charge is 0.435 e. The molecule has 0 spiro atoms. The van der Waals surface area contributed by atoms with Gasteiger partial charge >= 0.3 is 6.61 Å². The molecule has 0 bridgehead atoms. The fourth-order valence-electron chi connectivity index (χ4n) is 2.42. The first-order valence-corrected chi connectivity index (χ1v) is 8.95. The molecule has 8 heteroatoms. The number of nitrogens with zero attached hydrogens (tertiary/aromatic N) is 1. The van der Waals surface area contributed by atoms with Gasteiger partial charge in [-0.2, -0.15) is 8.78 Å². The fourth-order valence-corrected chi connectivity index (χ4v) is 3.13. The van der Waals surface area contributed by atoms with Crippen molar-refractivity contribution in [3.05, 3.63) is 64.7 Å². The number of alkyl halides is 2. The molecule has 3 rings (SSSR count). The van der Waals surface area contributed by atoms with Crippen molar-refractivity contribution >= 4 is 33.8 Å². The van der Waals surface area contributed by atoms with Crippen LogP contribution in [0, 0.1) is 13.8 Å². The Kier molecular flexibility index (Phi) is 5.66. The Hall–Kier alpha value is -3.00.